The van der Waals surface area contributed by atoms with E-state index in [-0.39, 0.29) is 6.03 Å². The Morgan fingerprint density at radius 1 is 1.25 bits per heavy atom. The molecule has 3 aromatic rings. The number of amides is 2. The minimum absolute atomic E-state index is 0.262. The lowest BCUT2D eigenvalue weighted by atomic mass is 10.2. The van der Waals surface area contributed by atoms with Gasteiger partial charge in [-0.1, -0.05) is 12.1 Å². The molecular formula is C18H18N2O3S. The van der Waals surface area contributed by atoms with Crippen molar-refractivity contribution in [1.82, 2.24) is 5.32 Å². The highest BCUT2D eigenvalue weighted by Gasteiger charge is 2.15. The molecule has 0 aliphatic rings. The monoisotopic (exact) mass is 342 g/mol. The summed E-state index contributed by atoms with van der Waals surface area (Å²) in [7, 11) is 0. The van der Waals surface area contributed by atoms with Gasteiger partial charge in [0, 0.05) is 15.4 Å². The summed E-state index contributed by atoms with van der Waals surface area (Å²) in [4.78, 5) is 13.7. The Morgan fingerprint density at radius 2 is 2.12 bits per heavy atom. The van der Waals surface area contributed by atoms with E-state index in [1.807, 2.05) is 43.3 Å². The fraction of sp³-hybridized carbons (Fsp3) is 0.167. The summed E-state index contributed by atoms with van der Waals surface area (Å²) in [6, 6.07) is 14.6. The molecule has 5 nitrogen and oxygen atoms in total. The maximum atomic E-state index is 11.9. The van der Waals surface area contributed by atoms with Gasteiger partial charge in [0.1, 0.15) is 11.9 Å². The number of hydrogen-bond donors (Lipinski definition) is 3. The zero-order valence-electron chi connectivity index (χ0n) is 13.2. The molecule has 0 fully saturated rings. The quantitative estimate of drug-likeness (QED) is 0.655. The van der Waals surface area contributed by atoms with E-state index in [0.717, 1.165) is 21.0 Å². The normalized spacial score (nSPS) is 11.9. The number of aliphatic hydroxyl groups excluding tert-OH is 1. The standard InChI is InChI=1S/C18H18N2O3S/c1-12-4-2-5-13(10-12)20-18(22)19-11-14-7-8-16(24-14)17(21)15-6-3-9-23-15/h2-10,17,21H,11H2,1H3,(H2,19,20,22). The van der Waals surface area contributed by atoms with Gasteiger partial charge in [-0.05, 0) is 48.9 Å². The molecule has 2 amide bonds. The van der Waals surface area contributed by atoms with Crippen LogP contribution in [0.1, 0.15) is 27.2 Å². The molecule has 1 unspecified atom stereocenters. The van der Waals surface area contributed by atoms with Crippen molar-refractivity contribution in [2.24, 2.45) is 0 Å². The average Bonchev–Trinajstić information content (AvgIpc) is 3.24. The molecule has 0 radical (unpaired) electrons. The number of urea groups is 1. The van der Waals surface area contributed by atoms with Crippen LogP contribution in [-0.4, -0.2) is 11.1 Å². The van der Waals surface area contributed by atoms with Gasteiger partial charge in [-0.25, -0.2) is 4.79 Å². The first-order valence-corrected chi connectivity index (χ1v) is 8.35. The van der Waals surface area contributed by atoms with Gasteiger partial charge in [0.2, 0.25) is 0 Å². The van der Waals surface area contributed by atoms with Crippen LogP contribution in [0.3, 0.4) is 0 Å². The predicted molar refractivity (Wildman–Crippen MR) is 94.1 cm³/mol. The number of rotatable bonds is 5. The molecule has 0 saturated carbocycles. The number of carbonyl (C=O) groups is 1. The van der Waals surface area contributed by atoms with Gasteiger partial charge < -0.3 is 20.2 Å². The van der Waals surface area contributed by atoms with E-state index >= 15 is 0 Å². The van der Waals surface area contributed by atoms with Crippen LogP contribution in [0.25, 0.3) is 0 Å². The summed E-state index contributed by atoms with van der Waals surface area (Å²) in [5.74, 6) is 0.508. The second kappa shape index (κ2) is 7.33. The van der Waals surface area contributed by atoms with Crippen LogP contribution in [0, 0.1) is 6.92 Å². The van der Waals surface area contributed by atoms with Crippen LogP contribution < -0.4 is 10.6 Å². The molecule has 0 spiro atoms. The first kappa shape index (κ1) is 16.3. The third kappa shape index (κ3) is 4.04. The minimum Gasteiger partial charge on any atom is -0.466 e. The highest BCUT2D eigenvalue weighted by molar-refractivity contribution is 7.12. The summed E-state index contributed by atoms with van der Waals surface area (Å²) >= 11 is 1.44. The van der Waals surface area contributed by atoms with Gasteiger partial charge in [0.05, 0.1) is 12.8 Å². The van der Waals surface area contributed by atoms with E-state index in [0.29, 0.717) is 12.3 Å². The van der Waals surface area contributed by atoms with Crippen LogP contribution in [0.15, 0.2) is 59.2 Å². The smallest absolute Gasteiger partial charge is 0.319 e. The molecule has 3 rings (SSSR count). The Labute approximate surface area is 143 Å². The number of thiophene rings is 1. The molecule has 1 aromatic carbocycles. The number of benzene rings is 1. The fourth-order valence-corrected chi connectivity index (χ4v) is 3.24. The second-order valence-corrected chi connectivity index (χ2v) is 6.60. The highest BCUT2D eigenvalue weighted by Crippen LogP contribution is 2.28. The molecule has 24 heavy (non-hydrogen) atoms. The van der Waals surface area contributed by atoms with Crippen molar-refractivity contribution in [2.75, 3.05) is 5.32 Å². The number of anilines is 1. The number of nitrogens with one attached hydrogen (secondary N) is 2. The molecule has 2 aromatic heterocycles. The third-order valence-corrected chi connectivity index (χ3v) is 4.60. The van der Waals surface area contributed by atoms with E-state index in [1.165, 1.54) is 17.6 Å². The maximum absolute atomic E-state index is 11.9. The molecule has 0 saturated heterocycles. The van der Waals surface area contributed by atoms with Crippen molar-refractivity contribution in [3.63, 3.8) is 0 Å². The summed E-state index contributed by atoms with van der Waals surface area (Å²) in [5.41, 5.74) is 1.84. The zero-order valence-corrected chi connectivity index (χ0v) is 14.0. The zero-order chi connectivity index (χ0) is 16.9. The molecule has 6 heteroatoms. The molecule has 0 aliphatic heterocycles. The number of furan rings is 1. The van der Waals surface area contributed by atoms with Crippen LogP contribution in [0.2, 0.25) is 0 Å². The SMILES string of the molecule is Cc1cccc(NC(=O)NCc2ccc(C(O)c3ccco3)s2)c1. The topological polar surface area (TPSA) is 74.5 Å². The largest absolute Gasteiger partial charge is 0.466 e. The summed E-state index contributed by atoms with van der Waals surface area (Å²) in [6.07, 6.45) is 0.754. The van der Waals surface area contributed by atoms with Gasteiger partial charge in [-0.3, -0.25) is 0 Å². The first-order chi connectivity index (χ1) is 11.6. The Morgan fingerprint density at radius 3 is 2.88 bits per heavy atom. The Balaban J connectivity index is 1.54. The average molecular weight is 342 g/mol. The number of hydrogen-bond acceptors (Lipinski definition) is 4. The molecule has 0 aliphatic carbocycles. The maximum Gasteiger partial charge on any atom is 0.319 e. The molecule has 1 atom stereocenters. The summed E-state index contributed by atoms with van der Waals surface area (Å²) in [6.45, 7) is 2.37. The predicted octanol–water partition coefficient (Wildman–Crippen LogP) is 4.05. The van der Waals surface area contributed by atoms with Crippen LogP contribution in [-0.2, 0) is 6.54 Å². The van der Waals surface area contributed by atoms with E-state index in [1.54, 1.807) is 12.1 Å². The Hall–Kier alpha value is -2.57. The van der Waals surface area contributed by atoms with Gasteiger partial charge >= 0.3 is 6.03 Å². The molecule has 2 heterocycles. The van der Waals surface area contributed by atoms with Crippen molar-refractivity contribution in [3.8, 4) is 0 Å². The number of aliphatic hydroxyl groups is 1. The van der Waals surface area contributed by atoms with Crippen LogP contribution in [0.4, 0.5) is 10.5 Å². The highest BCUT2D eigenvalue weighted by atomic mass is 32.1. The molecular weight excluding hydrogens is 324 g/mol. The third-order valence-electron chi connectivity index (χ3n) is 3.46. The molecule has 0 bridgehead atoms. The number of carbonyl (C=O) groups excluding carboxylic acids is 1. The lowest BCUT2D eigenvalue weighted by Crippen LogP contribution is -2.27. The lowest BCUT2D eigenvalue weighted by molar-refractivity contribution is 0.193. The Bertz CT molecular complexity index is 811. The van der Waals surface area contributed by atoms with E-state index in [9.17, 15) is 9.90 Å². The van der Waals surface area contributed by atoms with Crippen LogP contribution in [0.5, 0.6) is 0 Å². The van der Waals surface area contributed by atoms with Crippen molar-refractivity contribution < 1.29 is 14.3 Å². The van der Waals surface area contributed by atoms with E-state index in [2.05, 4.69) is 10.6 Å². The second-order valence-electron chi connectivity index (χ2n) is 5.40. The van der Waals surface area contributed by atoms with Gasteiger partial charge in [0.25, 0.3) is 0 Å². The lowest BCUT2D eigenvalue weighted by Gasteiger charge is -2.07. The van der Waals surface area contributed by atoms with Crippen LogP contribution >= 0.6 is 11.3 Å². The summed E-state index contributed by atoms with van der Waals surface area (Å²) in [5, 5.41) is 15.8. The van der Waals surface area contributed by atoms with Crippen molar-refractivity contribution in [3.05, 3.63) is 75.9 Å². The minimum atomic E-state index is -0.778. The molecule has 3 N–H and O–H groups in total. The van der Waals surface area contributed by atoms with Crippen molar-refractivity contribution >= 4 is 23.1 Å². The number of aryl methyl sites for hydroxylation is 1. The van der Waals surface area contributed by atoms with Gasteiger partial charge in [-0.15, -0.1) is 11.3 Å². The van der Waals surface area contributed by atoms with Crippen molar-refractivity contribution in [1.29, 1.82) is 0 Å². The summed E-state index contributed by atoms with van der Waals surface area (Å²) < 4.78 is 5.21. The van der Waals surface area contributed by atoms with E-state index < -0.39 is 6.10 Å². The first-order valence-electron chi connectivity index (χ1n) is 7.53. The van der Waals surface area contributed by atoms with Gasteiger partial charge in [0.15, 0.2) is 0 Å². The molecule has 124 valence electrons. The van der Waals surface area contributed by atoms with Crippen molar-refractivity contribution in [2.45, 2.75) is 19.6 Å². The fourth-order valence-electron chi connectivity index (χ4n) is 2.29. The Kier molecular flexibility index (Phi) is 4.98. The van der Waals surface area contributed by atoms with Gasteiger partial charge in [-0.2, -0.15) is 0 Å². The van der Waals surface area contributed by atoms with E-state index in [4.69, 9.17) is 4.42 Å².